The molecule has 0 aliphatic carbocycles. The van der Waals surface area contributed by atoms with E-state index in [4.69, 9.17) is 10.8 Å². The quantitative estimate of drug-likeness (QED) is 0.770. The topological polar surface area (TPSA) is 49.5 Å². The molecule has 0 fully saturated rings. The fraction of sp³-hybridized carbons (Fsp3) is 0.600. The summed E-state index contributed by atoms with van der Waals surface area (Å²) in [6.45, 7) is 2.75. The van der Waals surface area contributed by atoms with Crippen LogP contribution in [0.25, 0.3) is 0 Å². The van der Waals surface area contributed by atoms with Gasteiger partial charge in [-0.2, -0.15) is 0 Å². The molecule has 0 bridgehead atoms. The zero-order valence-corrected chi connectivity index (χ0v) is 9.50. The zero-order chi connectivity index (χ0) is 10.6. The van der Waals surface area contributed by atoms with Crippen molar-refractivity contribution in [3.8, 4) is 0 Å². The molecule has 0 aliphatic rings. The summed E-state index contributed by atoms with van der Waals surface area (Å²) in [5.74, 6) is 0. The number of aliphatic hydroxyl groups is 1. The summed E-state index contributed by atoms with van der Waals surface area (Å²) in [7, 11) is 2.00. The van der Waals surface area contributed by atoms with Crippen LogP contribution < -0.4 is 5.73 Å². The van der Waals surface area contributed by atoms with Crippen LogP contribution in [0, 0.1) is 0 Å². The minimum absolute atomic E-state index is 0.144. The number of nitrogens with zero attached hydrogens (tertiary/aromatic N) is 1. The molecule has 3 N–H and O–H groups in total. The van der Waals surface area contributed by atoms with E-state index in [0.29, 0.717) is 6.54 Å². The van der Waals surface area contributed by atoms with Gasteiger partial charge in [-0.05, 0) is 25.4 Å². The lowest BCUT2D eigenvalue weighted by Gasteiger charge is -2.30. The number of hydrogen-bond donors (Lipinski definition) is 2. The van der Waals surface area contributed by atoms with Crippen molar-refractivity contribution in [1.82, 2.24) is 4.90 Å². The number of nitrogens with two attached hydrogens (primary N) is 1. The van der Waals surface area contributed by atoms with Gasteiger partial charge >= 0.3 is 0 Å². The van der Waals surface area contributed by atoms with Gasteiger partial charge in [0.2, 0.25) is 0 Å². The van der Waals surface area contributed by atoms with Crippen molar-refractivity contribution in [3.63, 3.8) is 0 Å². The molecule has 3 nitrogen and oxygen atoms in total. The SMILES string of the molecule is CC(CO)N(C)C(CN)c1cccs1. The molecular weight excluding hydrogens is 196 g/mol. The highest BCUT2D eigenvalue weighted by molar-refractivity contribution is 7.10. The molecule has 1 rings (SSSR count). The van der Waals surface area contributed by atoms with Crippen molar-refractivity contribution in [1.29, 1.82) is 0 Å². The molecule has 0 saturated carbocycles. The molecule has 0 amide bonds. The first-order valence-electron chi connectivity index (χ1n) is 4.77. The van der Waals surface area contributed by atoms with Gasteiger partial charge in [0, 0.05) is 17.5 Å². The second-order valence-electron chi connectivity index (χ2n) is 3.46. The Hall–Kier alpha value is -0.420. The fourth-order valence-corrected chi connectivity index (χ4v) is 2.29. The lowest BCUT2D eigenvalue weighted by molar-refractivity contribution is 0.124. The largest absolute Gasteiger partial charge is 0.395 e. The number of rotatable bonds is 5. The van der Waals surface area contributed by atoms with Crippen molar-refractivity contribution in [2.45, 2.75) is 19.0 Å². The van der Waals surface area contributed by atoms with Gasteiger partial charge in [0.1, 0.15) is 0 Å². The molecule has 4 heteroatoms. The summed E-state index contributed by atoms with van der Waals surface area (Å²) < 4.78 is 0. The van der Waals surface area contributed by atoms with E-state index in [-0.39, 0.29) is 18.7 Å². The summed E-state index contributed by atoms with van der Waals surface area (Å²) in [4.78, 5) is 3.38. The Morgan fingerprint density at radius 2 is 2.36 bits per heavy atom. The standard InChI is InChI=1S/C10H18N2OS/c1-8(7-13)12(2)9(6-11)10-4-3-5-14-10/h3-5,8-9,13H,6-7,11H2,1-2H3. The predicted molar refractivity (Wildman–Crippen MR) is 60.4 cm³/mol. The molecule has 0 saturated heterocycles. The van der Waals surface area contributed by atoms with Crippen LogP contribution in [0.5, 0.6) is 0 Å². The lowest BCUT2D eigenvalue weighted by Crippen LogP contribution is -2.38. The molecule has 80 valence electrons. The number of aliphatic hydroxyl groups excluding tert-OH is 1. The minimum atomic E-state index is 0.144. The first kappa shape index (κ1) is 11.7. The van der Waals surface area contributed by atoms with Gasteiger partial charge in [-0.1, -0.05) is 6.07 Å². The Morgan fingerprint density at radius 1 is 1.64 bits per heavy atom. The maximum atomic E-state index is 9.07. The van der Waals surface area contributed by atoms with Gasteiger partial charge in [-0.25, -0.2) is 0 Å². The average Bonchev–Trinajstić information content (AvgIpc) is 2.71. The zero-order valence-electron chi connectivity index (χ0n) is 8.68. The Morgan fingerprint density at radius 3 is 2.79 bits per heavy atom. The van der Waals surface area contributed by atoms with E-state index >= 15 is 0 Å². The van der Waals surface area contributed by atoms with E-state index in [1.54, 1.807) is 11.3 Å². The van der Waals surface area contributed by atoms with Crippen LogP contribution in [0.15, 0.2) is 17.5 Å². The predicted octanol–water partition coefficient (Wildman–Crippen LogP) is 1.06. The number of thiophene rings is 1. The third-order valence-electron chi connectivity index (χ3n) is 2.55. The third kappa shape index (κ3) is 2.54. The molecule has 0 radical (unpaired) electrons. The van der Waals surface area contributed by atoms with Crippen LogP contribution in [-0.4, -0.2) is 36.2 Å². The van der Waals surface area contributed by atoms with Gasteiger partial charge in [0.05, 0.1) is 12.6 Å². The van der Waals surface area contributed by atoms with Crippen molar-refractivity contribution in [2.24, 2.45) is 5.73 Å². The van der Waals surface area contributed by atoms with E-state index in [1.165, 1.54) is 4.88 Å². The molecule has 1 aromatic rings. The molecule has 1 aromatic heterocycles. The van der Waals surface area contributed by atoms with Crippen molar-refractivity contribution >= 4 is 11.3 Å². The van der Waals surface area contributed by atoms with E-state index < -0.39 is 0 Å². The Kier molecular flexibility index (Phi) is 4.54. The van der Waals surface area contributed by atoms with Crippen molar-refractivity contribution in [2.75, 3.05) is 20.2 Å². The molecule has 0 spiro atoms. The number of hydrogen-bond acceptors (Lipinski definition) is 4. The van der Waals surface area contributed by atoms with Crippen LogP contribution in [-0.2, 0) is 0 Å². The molecule has 1 heterocycles. The van der Waals surface area contributed by atoms with Crippen LogP contribution in [0.2, 0.25) is 0 Å². The maximum absolute atomic E-state index is 9.07. The third-order valence-corrected chi connectivity index (χ3v) is 3.52. The van der Waals surface area contributed by atoms with E-state index in [9.17, 15) is 0 Å². The van der Waals surface area contributed by atoms with E-state index in [0.717, 1.165) is 0 Å². The Balaban J connectivity index is 2.72. The highest BCUT2D eigenvalue weighted by Crippen LogP contribution is 2.24. The number of likely N-dealkylation sites (N-methyl/N-ethyl adjacent to an activating group) is 1. The highest BCUT2D eigenvalue weighted by Gasteiger charge is 2.20. The highest BCUT2D eigenvalue weighted by atomic mass is 32.1. The van der Waals surface area contributed by atoms with Crippen LogP contribution in [0.3, 0.4) is 0 Å². The molecule has 2 unspecified atom stereocenters. The van der Waals surface area contributed by atoms with Gasteiger partial charge < -0.3 is 10.8 Å². The first-order valence-corrected chi connectivity index (χ1v) is 5.65. The van der Waals surface area contributed by atoms with Crippen LogP contribution in [0.1, 0.15) is 17.8 Å². The fourth-order valence-electron chi connectivity index (χ4n) is 1.40. The van der Waals surface area contributed by atoms with Gasteiger partial charge in [-0.15, -0.1) is 11.3 Å². The summed E-state index contributed by atoms with van der Waals surface area (Å²) in [6, 6.07) is 4.48. The molecular formula is C10H18N2OS. The van der Waals surface area contributed by atoms with Gasteiger partial charge in [0.15, 0.2) is 0 Å². The smallest absolute Gasteiger partial charge is 0.0584 e. The first-order chi connectivity index (χ1) is 6.70. The molecule has 0 aromatic carbocycles. The summed E-state index contributed by atoms with van der Waals surface area (Å²) in [5, 5.41) is 11.1. The van der Waals surface area contributed by atoms with E-state index in [1.807, 2.05) is 20.0 Å². The van der Waals surface area contributed by atoms with Gasteiger partial charge in [0.25, 0.3) is 0 Å². The second-order valence-corrected chi connectivity index (χ2v) is 4.44. The molecule has 2 atom stereocenters. The summed E-state index contributed by atoms with van der Waals surface area (Å²) in [6.07, 6.45) is 0. The Labute approximate surface area is 89.2 Å². The maximum Gasteiger partial charge on any atom is 0.0584 e. The molecule has 0 aliphatic heterocycles. The average molecular weight is 214 g/mol. The normalized spacial score (nSPS) is 15.8. The summed E-state index contributed by atoms with van der Waals surface area (Å²) >= 11 is 1.71. The van der Waals surface area contributed by atoms with Crippen LogP contribution >= 0.6 is 11.3 Å². The van der Waals surface area contributed by atoms with Crippen molar-refractivity contribution in [3.05, 3.63) is 22.4 Å². The van der Waals surface area contributed by atoms with Crippen molar-refractivity contribution < 1.29 is 5.11 Å². The van der Waals surface area contributed by atoms with Gasteiger partial charge in [-0.3, -0.25) is 4.90 Å². The minimum Gasteiger partial charge on any atom is -0.395 e. The van der Waals surface area contributed by atoms with E-state index in [2.05, 4.69) is 16.3 Å². The van der Waals surface area contributed by atoms with Crippen LogP contribution in [0.4, 0.5) is 0 Å². The summed E-state index contributed by atoms with van der Waals surface area (Å²) in [5.41, 5.74) is 5.74. The monoisotopic (exact) mass is 214 g/mol. The Bertz CT molecular complexity index is 251. The second kappa shape index (κ2) is 5.46. The lowest BCUT2D eigenvalue weighted by atomic mass is 10.1. The molecule has 14 heavy (non-hydrogen) atoms.